The fourth-order valence-corrected chi connectivity index (χ4v) is 5.58. The highest BCUT2D eigenvalue weighted by Gasteiger charge is 2.61. The van der Waals surface area contributed by atoms with Crippen molar-refractivity contribution in [3.63, 3.8) is 0 Å². The number of nitriles is 1. The third kappa shape index (κ3) is 6.18. The van der Waals surface area contributed by atoms with E-state index in [4.69, 9.17) is 0 Å². The molecule has 38 heavy (non-hydrogen) atoms. The number of amides is 4. The van der Waals surface area contributed by atoms with Crippen LogP contribution >= 0.6 is 0 Å². The van der Waals surface area contributed by atoms with Gasteiger partial charge in [-0.05, 0) is 37.5 Å². The Bertz CT molecular complexity index is 1010. The number of fused-ring (bicyclic) bond motifs is 3. The van der Waals surface area contributed by atoms with Crippen LogP contribution in [0.4, 0.5) is 22.0 Å². The van der Waals surface area contributed by atoms with E-state index in [0.717, 1.165) is 4.90 Å². The van der Waals surface area contributed by atoms with Crippen LogP contribution in [0.2, 0.25) is 0 Å². The summed E-state index contributed by atoms with van der Waals surface area (Å²) in [6.45, 7) is 4.69. The van der Waals surface area contributed by atoms with Gasteiger partial charge in [-0.1, -0.05) is 20.8 Å². The molecule has 3 N–H and O–H groups in total. The highest BCUT2D eigenvalue weighted by Crippen LogP contribution is 2.49. The number of carbonyl (C=O) groups excluding carboxylic acids is 4. The molecule has 4 aliphatic rings. The number of halogens is 5. The van der Waals surface area contributed by atoms with Gasteiger partial charge in [0.25, 0.3) is 5.92 Å². The summed E-state index contributed by atoms with van der Waals surface area (Å²) >= 11 is 0. The van der Waals surface area contributed by atoms with Crippen molar-refractivity contribution in [2.45, 2.75) is 95.6 Å². The van der Waals surface area contributed by atoms with Crippen molar-refractivity contribution in [2.24, 2.45) is 17.3 Å². The molecule has 3 heterocycles. The van der Waals surface area contributed by atoms with E-state index in [1.807, 2.05) is 6.07 Å². The van der Waals surface area contributed by atoms with E-state index in [9.17, 15) is 46.4 Å². The Morgan fingerprint density at radius 1 is 1.16 bits per heavy atom. The minimum atomic E-state index is -5.29. The number of carbonyl (C=O) groups is 4. The van der Waals surface area contributed by atoms with Gasteiger partial charge in [0.1, 0.15) is 18.1 Å². The average molecular weight is 550 g/mol. The van der Waals surface area contributed by atoms with Gasteiger partial charge in [0.05, 0.1) is 12.0 Å². The molecule has 9 nitrogen and oxygen atoms in total. The largest absolute Gasteiger partial charge is 0.471 e. The summed E-state index contributed by atoms with van der Waals surface area (Å²) in [5, 5.41) is 16.3. The van der Waals surface area contributed by atoms with Crippen molar-refractivity contribution < 1.29 is 41.1 Å². The number of hydrogen-bond donors (Lipinski definition) is 3. The lowest BCUT2D eigenvalue weighted by Gasteiger charge is -2.55. The zero-order valence-corrected chi connectivity index (χ0v) is 21.3. The van der Waals surface area contributed by atoms with Crippen LogP contribution in [-0.4, -0.2) is 71.3 Å². The first kappa shape index (κ1) is 29.6. The number of alkyl halides is 5. The third-order valence-corrected chi connectivity index (χ3v) is 7.50. The first-order valence-electron chi connectivity index (χ1n) is 12.5. The first-order valence-corrected chi connectivity index (χ1v) is 12.5. The normalized spacial score (nSPS) is 28.5. The lowest BCUT2D eigenvalue weighted by Crippen LogP contribution is -2.71. The quantitative estimate of drug-likeness (QED) is 0.437. The van der Waals surface area contributed by atoms with Crippen molar-refractivity contribution >= 4 is 23.6 Å². The molecule has 14 heteroatoms. The van der Waals surface area contributed by atoms with Gasteiger partial charge < -0.3 is 20.9 Å². The number of hydrogen-bond acceptors (Lipinski definition) is 5. The van der Waals surface area contributed by atoms with Gasteiger partial charge >= 0.3 is 12.1 Å². The van der Waals surface area contributed by atoms with Gasteiger partial charge in [-0.2, -0.15) is 18.4 Å². The van der Waals surface area contributed by atoms with E-state index in [1.54, 1.807) is 5.32 Å². The Morgan fingerprint density at radius 3 is 2.34 bits per heavy atom. The van der Waals surface area contributed by atoms with Gasteiger partial charge in [0.15, 0.2) is 0 Å². The molecule has 4 fully saturated rings. The highest BCUT2D eigenvalue weighted by molar-refractivity contribution is 5.94. The van der Waals surface area contributed by atoms with E-state index in [1.165, 1.54) is 20.8 Å². The van der Waals surface area contributed by atoms with Gasteiger partial charge in [-0.25, -0.2) is 8.78 Å². The minimum absolute atomic E-state index is 0.0640. The Kier molecular flexibility index (Phi) is 8.29. The highest BCUT2D eigenvalue weighted by atomic mass is 19.4. The van der Waals surface area contributed by atoms with Crippen molar-refractivity contribution in [1.29, 1.82) is 5.26 Å². The maximum absolute atomic E-state index is 14.9. The number of nitrogens with zero attached hydrogens (tertiary/aromatic N) is 2. The van der Waals surface area contributed by atoms with Crippen LogP contribution in [0, 0.1) is 28.6 Å². The second kappa shape index (κ2) is 10.6. The summed E-state index contributed by atoms with van der Waals surface area (Å²) in [5.74, 6) is -10.3. The van der Waals surface area contributed by atoms with Gasteiger partial charge in [0.2, 0.25) is 17.7 Å². The van der Waals surface area contributed by atoms with Crippen molar-refractivity contribution in [3.05, 3.63) is 0 Å². The molecule has 0 aromatic rings. The van der Waals surface area contributed by atoms with E-state index in [2.05, 4.69) is 10.6 Å². The van der Waals surface area contributed by atoms with E-state index < -0.39 is 77.7 Å². The number of piperidine rings is 3. The van der Waals surface area contributed by atoms with E-state index >= 15 is 0 Å². The van der Waals surface area contributed by atoms with Crippen LogP contribution in [0.25, 0.3) is 0 Å². The summed E-state index contributed by atoms with van der Waals surface area (Å²) in [6, 6.07) is -4.06. The molecule has 0 spiro atoms. The zero-order valence-electron chi connectivity index (χ0n) is 21.3. The van der Waals surface area contributed by atoms with E-state index in [-0.39, 0.29) is 25.2 Å². The fourth-order valence-electron chi connectivity index (χ4n) is 5.58. The van der Waals surface area contributed by atoms with Crippen LogP contribution < -0.4 is 16.0 Å². The Labute approximate surface area is 216 Å². The molecule has 0 unspecified atom stereocenters. The monoisotopic (exact) mass is 549 g/mol. The van der Waals surface area contributed by atoms with Crippen LogP contribution in [0.3, 0.4) is 0 Å². The maximum Gasteiger partial charge on any atom is 0.471 e. The van der Waals surface area contributed by atoms with Crippen LogP contribution in [-0.2, 0) is 19.2 Å². The maximum atomic E-state index is 14.9. The molecule has 3 aliphatic heterocycles. The van der Waals surface area contributed by atoms with Crippen LogP contribution in [0.1, 0.15) is 59.3 Å². The zero-order chi connectivity index (χ0) is 28.6. The molecule has 2 bridgehead atoms. The second-order valence-electron chi connectivity index (χ2n) is 11.3. The lowest BCUT2D eigenvalue weighted by atomic mass is 9.70. The van der Waals surface area contributed by atoms with Crippen LogP contribution in [0.5, 0.6) is 0 Å². The molecule has 1 saturated carbocycles. The number of rotatable bonds is 6. The minimum Gasteiger partial charge on any atom is -0.356 e. The van der Waals surface area contributed by atoms with Gasteiger partial charge in [0, 0.05) is 24.9 Å². The van der Waals surface area contributed by atoms with Crippen molar-refractivity contribution in [2.75, 3.05) is 6.54 Å². The van der Waals surface area contributed by atoms with Crippen molar-refractivity contribution in [3.8, 4) is 6.07 Å². The Balaban J connectivity index is 1.90. The second-order valence-corrected chi connectivity index (χ2v) is 11.3. The lowest BCUT2D eigenvalue weighted by molar-refractivity contribution is -0.197. The fraction of sp³-hybridized carbons (Fsp3) is 0.792. The summed E-state index contributed by atoms with van der Waals surface area (Å²) < 4.78 is 68.9. The van der Waals surface area contributed by atoms with E-state index in [0.29, 0.717) is 19.4 Å². The van der Waals surface area contributed by atoms with Gasteiger partial charge in [-0.15, -0.1) is 0 Å². The molecular weight excluding hydrogens is 517 g/mol. The molecule has 4 rings (SSSR count). The van der Waals surface area contributed by atoms with Crippen molar-refractivity contribution in [1.82, 2.24) is 20.9 Å². The molecular formula is C24H32F5N5O4. The summed E-state index contributed by atoms with van der Waals surface area (Å²) in [6.07, 6.45) is -5.00. The molecule has 1 aliphatic carbocycles. The van der Waals surface area contributed by atoms with Gasteiger partial charge in [-0.3, -0.25) is 19.2 Å². The summed E-state index contributed by atoms with van der Waals surface area (Å²) in [4.78, 5) is 51.7. The smallest absolute Gasteiger partial charge is 0.356 e. The standard InChI is InChI=1S/C24H32F5N5O4/c1-22(2,3)17(33-21(38)24(27,28)29)20(37)34-14-6-7-15(23(25,26)10-14)16(34)19(36)32-13(11-30)9-12-5-4-8-31-18(12)35/h12-17H,4-10H2,1-3H3,(H,31,35)(H,32,36)(H,33,38)/t12-,13-,14-,15-,16+,17+/m1/s1. The molecule has 0 aromatic carbocycles. The Morgan fingerprint density at radius 2 is 1.82 bits per heavy atom. The third-order valence-electron chi connectivity index (χ3n) is 7.50. The first-order chi connectivity index (χ1) is 17.5. The topological polar surface area (TPSA) is 131 Å². The molecule has 4 amide bonds. The Hall–Kier alpha value is -2.98. The number of nitrogens with one attached hydrogen (secondary N) is 3. The molecule has 212 valence electrons. The van der Waals surface area contributed by atoms with Crippen LogP contribution in [0.15, 0.2) is 0 Å². The predicted molar refractivity (Wildman–Crippen MR) is 122 cm³/mol. The summed E-state index contributed by atoms with van der Waals surface area (Å²) in [7, 11) is 0. The predicted octanol–water partition coefficient (Wildman–Crippen LogP) is 2.02. The average Bonchev–Trinajstić information content (AvgIpc) is 2.80. The molecule has 6 atom stereocenters. The molecule has 0 aromatic heterocycles. The summed E-state index contributed by atoms with van der Waals surface area (Å²) in [5.41, 5.74) is -1.26. The molecule has 0 radical (unpaired) electrons. The molecule has 3 saturated heterocycles. The SMILES string of the molecule is CC(C)(C)[C@@H](NC(=O)C(F)(F)F)C(=O)N1[C@@H]2CC[C@H]([C@H]1C(=O)N[C@@H](C#N)C[C@H]1CCCNC1=O)C(F)(F)C2.